The van der Waals surface area contributed by atoms with E-state index in [0.717, 1.165) is 5.01 Å². The molecule has 1 rings (SSSR count). The van der Waals surface area contributed by atoms with Gasteiger partial charge in [-0.05, 0) is 13.3 Å². The number of carbonyl (C=O) groups excluding carboxylic acids is 2. The molecule has 0 fully saturated rings. The Morgan fingerprint density at radius 1 is 1.53 bits per heavy atom. The summed E-state index contributed by atoms with van der Waals surface area (Å²) in [5.41, 5.74) is 5.54. The normalized spacial score (nSPS) is 11.8. The third-order valence-electron chi connectivity index (χ3n) is 2.32. The summed E-state index contributed by atoms with van der Waals surface area (Å²) < 4.78 is 0. The van der Waals surface area contributed by atoms with Crippen LogP contribution in [-0.2, 0) is 20.8 Å². The average molecular weight is 285 g/mol. The smallest absolute Gasteiger partial charge is 0.326 e. The third kappa shape index (κ3) is 5.47. The van der Waals surface area contributed by atoms with Crippen molar-refractivity contribution in [2.75, 3.05) is 0 Å². The number of hydrogen-bond acceptors (Lipinski definition) is 5. The predicted octanol–water partition coefficient (Wildman–Crippen LogP) is -0.171. The van der Waals surface area contributed by atoms with Gasteiger partial charge in [-0.3, -0.25) is 9.59 Å². The fraction of sp³-hybridized carbons (Fsp3) is 0.455. The van der Waals surface area contributed by atoms with E-state index in [-0.39, 0.29) is 19.3 Å². The largest absolute Gasteiger partial charge is 0.480 e. The molecule has 0 radical (unpaired) electrons. The van der Waals surface area contributed by atoms with Crippen LogP contribution in [0.15, 0.2) is 5.38 Å². The van der Waals surface area contributed by atoms with Crippen LogP contribution in [0.3, 0.4) is 0 Å². The Labute approximate surface area is 113 Å². The minimum Gasteiger partial charge on any atom is -0.480 e. The Bertz CT molecular complexity index is 486. The zero-order valence-electron chi connectivity index (χ0n) is 10.4. The molecule has 0 aromatic carbocycles. The highest BCUT2D eigenvalue weighted by atomic mass is 32.1. The van der Waals surface area contributed by atoms with E-state index in [2.05, 4.69) is 10.3 Å². The van der Waals surface area contributed by atoms with Crippen LogP contribution in [-0.4, -0.2) is 33.9 Å². The van der Waals surface area contributed by atoms with Crippen molar-refractivity contribution in [1.29, 1.82) is 0 Å². The zero-order valence-corrected chi connectivity index (χ0v) is 11.2. The molecule has 4 N–H and O–H groups in total. The Kier molecular flexibility index (Phi) is 5.43. The average Bonchev–Trinajstić information content (AvgIpc) is 2.69. The van der Waals surface area contributed by atoms with Gasteiger partial charge in [-0.2, -0.15) is 0 Å². The van der Waals surface area contributed by atoms with Gasteiger partial charge in [0.05, 0.1) is 17.1 Å². The predicted molar refractivity (Wildman–Crippen MR) is 68.5 cm³/mol. The number of primary amides is 1. The number of thiazole rings is 1. The molecular weight excluding hydrogens is 270 g/mol. The van der Waals surface area contributed by atoms with Gasteiger partial charge in [0.2, 0.25) is 11.8 Å². The first-order chi connectivity index (χ1) is 8.88. The molecule has 0 bridgehead atoms. The molecule has 7 nitrogen and oxygen atoms in total. The Balaban J connectivity index is 2.51. The number of aliphatic carboxylic acids is 1. The first-order valence-corrected chi connectivity index (χ1v) is 6.48. The number of aromatic nitrogens is 1. The van der Waals surface area contributed by atoms with Crippen LogP contribution in [0.25, 0.3) is 0 Å². The van der Waals surface area contributed by atoms with E-state index in [1.807, 2.05) is 6.92 Å². The van der Waals surface area contributed by atoms with E-state index in [4.69, 9.17) is 10.8 Å². The number of nitrogens with zero attached hydrogens (tertiary/aromatic N) is 1. The van der Waals surface area contributed by atoms with Crippen molar-refractivity contribution in [2.24, 2.45) is 5.73 Å². The lowest BCUT2D eigenvalue weighted by Gasteiger charge is -2.13. The molecule has 0 aliphatic heterocycles. The highest BCUT2D eigenvalue weighted by Crippen LogP contribution is 2.08. The fourth-order valence-electron chi connectivity index (χ4n) is 1.44. The molecule has 1 unspecified atom stereocenters. The van der Waals surface area contributed by atoms with Gasteiger partial charge in [-0.1, -0.05) is 0 Å². The van der Waals surface area contributed by atoms with Crippen molar-refractivity contribution in [3.05, 3.63) is 16.1 Å². The third-order valence-corrected chi connectivity index (χ3v) is 3.14. The number of amides is 2. The number of aryl methyl sites for hydroxylation is 1. The van der Waals surface area contributed by atoms with E-state index >= 15 is 0 Å². The van der Waals surface area contributed by atoms with Gasteiger partial charge >= 0.3 is 5.97 Å². The summed E-state index contributed by atoms with van der Waals surface area (Å²) in [5, 5.41) is 13.9. The first-order valence-electron chi connectivity index (χ1n) is 5.60. The van der Waals surface area contributed by atoms with Crippen LogP contribution in [0.5, 0.6) is 0 Å². The van der Waals surface area contributed by atoms with Gasteiger partial charge in [0.25, 0.3) is 0 Å². The Hall–Kier alpha value is -1.96. The lowest BCUT2D eigenvalue weighted by Crippen LogP contribution is -2.42. The maximum Gasteiger partial charge on any atom is 0.326 e. The van der Waals surface area contributed by atoms with E-state index in [1.54, 1.807) is 5.38 Å². The number of carbonyl (C=O) groups is 3. The van der Waals surface area contributed by atoms with Gasteiger partial charge < -0.3 is 16.2 Å². The standard InChI is InChI=1S/C11H15N3O4S/c1-6-13-7(5-19-6)4-10(16)14-8(11(17)18)2-3-9(12)15/h5,8H,2-4H2,1H3,(H2,12,15)(H,14,16)(H,17,18). The fourth-order valence-corrected chi connectivity index (χ4v) is 2.06. The number of carboxylic acids is 1. The van der Waals surface area contributed by atoms with Crippen molar-refractivity contribution < 1.29 is 19.5 Å². The number of carboxylic acid groups (broad SMARTS) is 1. The topological polar surface area (TPSA) is 122 Å². The van der Waals surface area contributed by atoms with Crippen molar-refractivity contribution in [3.8, 4) is 0 Å². The van der Waals surface area contributed by atoms with E-state index < -0.39 is 23.8 Å². The van der Waals surface area contributed by atoms with Crippen LogP contribution in [0.4, 0.5) is 0 Å². The van der Waals surface area contributed by atoms with Gasteiger partial charge in [0, 0.05) is 11.8 Å². The van der Waals surface area contributed by atoms with Gasteiger partial charge in [-0.25, -0.2) is 9.78 Å². The van der Waals surface area contributed by atoms with Crippen molar-refractivity contribution in [2.45, 2.75) is 32.2 Å². The number of nitrogens with two attached hydrogens (primary N) is 1. The second-order valence-corrected chi connectivity index (χ2v) is 5.06. The molecule has 0 aliphatic rings. The first kappa shape index (κ1) is 15.1. The lowest BCUT2D eigenvalue weighted by molar-refractivity contribution is -0.142. The van der Waals surface area contributed by atoms with Crippen molar-refractivity contribution in [1.82, 2.24) is 10.3 Å². The van der Waals surface area contributed by atoms with Gasteiger partial charge in [0.1, 0.15) is 6.04 Å². The van der Waals surface area contributed by atoms with Gasteiger partial charge in [-0.15, -0.1) is 11.3 Å². The molecule has 0 aliphatic carbocycles. The van der Waals surface area contributed by atoms with Crippen molar-refractivity contribution >= 4 is 29.1 Å². The lowest BCUT2D eigenvalue weighted by atomic mass is 10.1. The summed E-state index contributed by atoms with van der Waals surface area (Å²) in [4.78, 5) is 37.3. The molecule has 1 atom stereocenters. The molecule has 19 heavy (non-hydrogen) atoms. The van der Waals surface area contributed by atoms with Crippen LogP contribution >= 0.6 is 11.3 Å². The van der Waals surface area contributed by atoms with Crippen LogP contribution in [0.2, 0.25) is 0 Å². The summed E-state index contributed by atoms with van der Waals surface area (Å²) in [6.45, 7) is 1.82. The SMILES string of the molecule is Cc1nc(CC(=O)NC(CCC(N)=O)C(=O)O)cs1. The zero-order chi connectivity index (χ0) is 14.4. The van der Waals surface area contributed by atoms with Crippen LogP contribution < -0.4 is 11.1 Å². The number of nitrogens with one attached hydrogen (secondary N) is 1. The molecule has 2 amide bonds. The van der Waals surface area contributed by atoms with Crippen LogP contribution in [0.1, 0.15) is 23.5 Å². The molecule has 1 aromatic heterocycles. The maximum atomic E-state index is 11.7. The Morgan fingerprint density at radius 3 is 2.68 bits per heavy atom. The quantitative estimate of drug-likeness (QED) is 0.642. The minimum absolute atomic E-state index is 0.0185. The monoisotopic (exact) mass is 285 g/mol. The second kappa shape index (κ2) is 6.83. The molecule has 0 spiro atoms. The highest BCUT2D eigenvalue weighted by Gasteiger charge is 2.20. The van der Waals surface area contributed by atoms with E-state index in [1.165, 1.54) is 11.3 Å². The minimum atomic E-state index is -1.19. The molecule has 0 saturated heterocycles. The van der Waals surface area contributed by atoms with Crippen molar-refractivity contribution in [3.63, 3.8) is 0 Å². The number of rotatable bonds is 7. The maximum absolute atomic E-state index is 11.7. The molecule has 0 saturated carbocycles. The number of hydrogen-bond donors (Lipinski definition) is 3. The summed E-state index contributed by atoms with van der Waals surface area (Å²) in [6, 6.07) is -1.11. The summed E-state index contributed by atoms with van der Waals surface area (Å²) in [6.07, 6.45) is -0.0930. The molecule has 104 valence electrons. The summed E-state index contributed by atoms with van der Waals surface area (Å²) in [7, 11) is 0. The highest BCUT2D eigenvalue weighted by molar-refractivity contribution is 7.09. The molecule has 8 heteroatoms. The molecule has 1 heterocycles. The summed E-state index contributed by atoms with van der Waals surface area (Å²) >= 11 is 1.42. The molecule has 1 aromatic rings. The van der Waals surface area contributed by atoms with Crippen LogP contribution in [0, 0.1) is 6.92 Å². The second-order valence-electron chi connectivity index (χ2n) is 4.00. The molecular formula is C11H15N3O4S. The van der Waals surface area contributed by atoms with E-state index in [0.29, 0.717) is 5.69 Å². The van der Waals surface area contributed by atoms with Gasteiger partial charge in [0.15, 0.2) is 0 Å². The Morgan fingerprint density at radius 2 is 2.21 bits per heavy atom. The summed E-state index contributed by atoms with van der Waals surface area (Å²) in [5.74, 6) is -2.23. The van der Waals surface area contributed by atoms with E-state index in [9.17, 15) is 14.4 Å².